The van der Waals surface area contributed by atoms with Gasteiger partial charge in [0.05, 0.1) is 22.6 Å². The molecule has 0 bridgehead atoms. The zero-order chi connectivity index (χ0) is 29.2. The Bertz CT molecular complexity index is 1510. The zero-order valence-electron chi connectivity index (χ0n) is 24.1. The fourth-order valence-corrected chi connectivity index (χ4v) is 7.68. The maximum absolute atomic E-state index is 11.8. The normalized spacial score (nSPS) is 21.4. The van der Waals surface area contributed by atoms with E-state index in [0.717, 1.165) is 58.3 Å². The lowest BCUT2D eigenvalue weighted by atomic mass is 9.83. The highest BCUT2D eigenvalue weighted by atomic mass is 32.2. The minimum Gasteiger partial charge on any atom is -0.488 e. The summed E-state index contributed by atoms with van der Waals surface area (Å²) in [6.07, 6.45) is 2.11. The van der Waals surface area contributed by atoms with Gasteiger partial charge in [0.2, 0.25) is 0 Å². The van der Waals surface area contributed by atoms with Crippen molar-refractivity contribution >= 4 is 32.3 Å². The molecule has 0 radical (unpaired) electrons. The zero-order valence-corrected chi connectivity index (χ0v) is 25.7. The highest BCUT2D eigenvalue weighted by Gasteiger charge is 2.35. The second-order valence-electron chi connectivity index (χ2n) is 11.7. The van der Waals surface area contributed by atoms with Gasteiger partial charge in [0.25, 0.3) is 0 Å². The Morgan fingerprint density at radius 3 is 2.59 bits per heavy atom. The largest absolute Gasteiger partial charge is 0.488 e. The molecule has 0 saturated carbocycles. The molecule has 5 rings (SSSR count). The molecule has 0 amide bonds. The van der Waals surface area contributed by atoms with Gasteiger partial charge in [0.15, 0.2) is 15.0 Å². The van der Waals surface area contributed by atoms with E-state index in [0.29, 0.717) is 39.1 Å². The number of aliphatic carboxylic acids is 1. The topological polar surface area (TPSA) is 100 Å². The second kappa shape index (κ2) is 12.1. The number of carboxylic acids is 1. The van der Waals surface area contributed by atoms with Gasteiger partial charge in [-0.05, 0) is 68.9 Å². The Balaban J connectivity index is 1.26. The molecular formula is C31H39N3O5S2. The van der Waals surface area contributed by atoms with E-state index in [2.05, 4.69) is 53.3 Å². The summed E-state index contributed by atoms with van der Waals surface area (Å²) in [4.78, 5) is 21.1. The van der Waals surface area contributed by atoms with Crippen LogP contribution >= 0.6 is 11.3 Å². The van der Waals surface area contributed by atoms with Crippen LogP contribution in [0.2, 0.25) is 0 Å². The summed E-state index contributed by atoms with van der Waals surface area (Å²) in [5.74, 6) is 0.531. The number of thiazole rings is 1. The Morgan fingerprint density at radius 1 is 1.07 bits per heavy atom. The lowest BCUT2D eigenvalue weighted by molar-refractivity contribution is -0.148. The molecule has 2 fully saturated rings. The first-order chi connectivity index (χ1) is 19.5. The number of nitrogens with zero attached hydrogens (tertiary/aromatic N) is 3. The van der Waals surface area contributed by atoms with Gasteiger partial charge in [-0.15, -0.1) is 11.3 Å². The predicted molar refractivity (Wildman–Crippen MR) is 164 cm³/mol. The summed E-state index contributed by atoms with van der Waals surface area (Å²) in [6, 6.07) is 12.5. The van der Waals surface area contributed by atoms with Gasteiger partial charge in [-0.1, -0.05) is 29.8 Å². The number of sulfone groups is 1. The Morgan fingerprint density at radius 2 is 1.85 bits per heavy atom. The Kier molecular flexibility index (Phi) is 8.73. The van der Waals surface area contributed by atoms with Crippen molar-refractivity contribution in [3.05, 3.63) is 64.0 Å². The number of carbonyl (C=O) groups is 1. The minimum atomic E-state index is -2.88. The summed E-state index contributed by atoms with van der Waals surface area (Å²) >= 11 is 1.59. The van der Waals surface area contributed by atoms with Crippen LogP contribution in [-0.4, -0.2) is 67.1 Å². The van der Waals surface area contributed by atoms with Gasteiger partial charge in [0, 0.05) is 43.7 Å². The average molecular weight is 598 g/mol. The van der Waals surface area contributed by atoms with Gasteiger partial charge in [-0.3, -0.25) is 9.69 Å². The number of carboxylic acid groups (broad SMARTS) is 1. The van der Waals surface area contributed by atoms with E-state index < -0.39 is 21.2 Å². The first-order valence-corrected chi connectivity index (χ1v) is 16.9. The van der Waals surface area contributed by atoms with Crippen molar-refractivity contribution < 1.29 is 23.1 Å². The second-order valence-corrected chi connectivity index (χ2v) is 14.8. The SMILES string of the molecule is Cc1ccc(OCc2ccc(CN3CCS(=O)(=O)CC3)cc2C)c(-c2csc(N3CCCC(C)(C(=O)O)CC3)n2)c1. The van der Waals surface area contributed by atoms with Gasteiger partial charge in [-0.25, -0.2) is 13.4 Å². The summed E-state index contributed by atoms with van der Waals surface area (Å²) in [7, 11) is -2.88. The highest BCUT2D eigenvalue weighted by molar-refractivity contribution is 7.91. The molecule has 1 atom stereocenters. The molecule has 0 aliphatic carbocycles. The molecular weight excluding hydrogens is 558 g/mol. The monoisotopic (exact) mass is 597 g/mol. The van der Waals surface area contributed by atoms with Crippen molar-refractivity contribution in [3.8, 4) is 17.0 Å². The molecule has 3 heterocycles. The molecule has 1 unspecified atom stereocenters. The van der Waals surface area contributed by atoms with Crippen molar-refractivity contribution in [2.45, 2.75) is 53.2 Å². The molecule has 41 heavy (non-hydrogen) atoms. The van der Waals surface area contributed by atoms with E-state index in [1.807, 2.05) is 19.1 Å². The fraction of sp³-hybridized carbons (Fsp3) is 0.484. The summed E-state index contributed by atoms with van der Waals surface area (Å²) in [5.41, 5.74) is 5.68. The third kappa shape index (κ3) is 7.10. The van der Waals surface area contributed by atoms with E-state index in [9.17, 15) is 18.3 Å². The van der Waals surface area contributed by atoms with Crippen molar-refractivity contribution in [2.24, 2.45) is 5.41 Å². The summed E-state index contributed by atoms with van der Waals surface area (Å²) < 4.78 is 29.8. The molecule has 2 aromatic carbocycles. The van der Waals surface area contributed by atoms with E-state index in [4.69, 9.17) is 9.72 Å². The number of aryl methyl sites for hydroxylation is 2. The van der Waals surface area contributed by atoms with Gasteiger partial charge < -0.3 is 14.7 Å². The third-order valence-corrected chi connectivity index (χ3v) is 10.9. The van der Waals surface area contributed by atoms with Crippen LogP contribution in [0.1, 0.15) is 48.4 Å². The van der Waals surface area contributed by atoms with E-state index in [1.165, 1.54) is 5.56 Å². The van der Waals surface area contributed by atoms with Crippen LogP contribution in [0, 0.1) is 19.3 Å². The van der Waals surface area contributed by atoms with Crippen LogP contribution in [0.4, 0.5) is 5.13 Å². The van der Waals surface area contributed by atoms with Crippen LogP contribution in [0.5, 0.6) is 5.75 Å². The number of anilines is 1. The quantitative estimate of drug-likeness (QED) is 0.373. The molecule has 2 aliphatic heterocycles. The van der Waals surface area contributed by atoms with Crippen molar-refractivity contribution in [1.82, 2.24) is 9.88 Å². The van der Waals surface area contributed by atoms with Crippen LogP contribution in [0.25, 0.3) is 11.3 Å². The number of rotatable bonds is 8. The summed E-state index contributed by atoms with van der Waals surface area (Å²) in [6.45, 7) is 9.82. The Hall–Kier alpha value is -2.95. The summed E-state index contributed by atoms with van der Waals surface area (Å²) in [5, 5.41) is 12.6. The molecule has 0 spiro atoms. The lowest BCUT2D eigenvalue weighted by Crippen LogP contribution is -2.39. The standard InChI is InChI=1S/C31H39N3O5S2/c1-22-5-8-28(39-20-25-7-6-24(18-23(25)2)19-33-13-15-41(37,38)16-14-33)26(17-22)27-21-40-30(32-27)34-11-4-9-31(3,10-12-34)29(35)36/h5-8,17-18,21H,4,9-16,19-20H2,1-3H3,(H,35,36). The number of hydrogen-bond acceptors (Lipinski definition) is 8. The molecule has 10 heteroatoms. The van der Waals surface area contributed by atoms with Gasteiger partial charge >= 0.3 is 5.97 Å². The third-order valence-electron chi connectivity index (χ3n) is 8.41. The fourth-order valence-electron chi connectivity index (χ4n) is 5.53. The van der Waals surface area contributed by atoms with E-state index in [1.54, 1.807) is 11.3 Å². The number of ether oxygens (including phenoxy) is 1. The van der Waals surface area contributed by atoms with Crippen molar-refractivity contribution in [3.63, 3.8) is 0 Å². The molecule has 1 N–H and O–H groups in total. The van der Waals surface area contributed by atoms with Crippen molar-refractivity contribution in [2.75, 3.05) is 42.6 Å². The van der Waals surface area contributed by atoms with E-state index in [-0.39, 0.29) is 11.5 Å². The number of benzene rings is 2. The smallest absolute Gasteiger partial charge is 0.309 e. The van der Waals surface area contributed by atoms with Crippen molar-refractivity contribution in [1.29, 1.82) is 0 Å². The lowest BCUT2D eigenvalue weighted by Gasteiger charge is -2.26. The predicted octanol–water partition coefficient (Wildman–Crippen LogP) is 5.32. The molecule has 8 nitrogen and oxygen atoms in total. The first-order valence-electron chi connectivity index (χ1n) is 14.2. The minimum absolute atomic E-state index is 0.236. The van der Waals surface area contributed by atoms with Gasteiger partial charge in [-0.2, -0.15) is 0 Å². The average Bonchev–Trinajstić information content (AvgIpc) is 3.33. The van der Waals surface area contributed by atoms with Crippen LogP contribution in [0.15, 0.2) is 41.8 Å². The van der Waals surface area contributed by atoms with Crippen LogP contribution < -0.4 is 9.64 Å². The Labute approximate surface area is 246 Å². The van der Waals surface area contributed by atoms with Crippen LogP contribution in [0.3, 0.4) is 0 Å². The van der Waals surface area contributed by atoms with Gasteiger partial charge in [0.1, 0.15) is 12.4 Å². The molecule has 2 saturated heterocycles. The van der Waals surface area contributed by atoms with Crippen LogP contribution in [-0.2, 0) is 27.8 Å². The molecule has 3 aromatic rings. The molecule has 1 aromatic heterocycles. The number of aromatic nitrogens is 1. The maximum atomic E-state index is 11.8. The number of hydrogen-bond donors (Lipinski definition) is 1. The molecule has 220 valence electrons. The maximum Gasteiger partial charge on any atom is 0.309 e. The molecule has 2 aliphatic rings. The first kappa shape index (κ1) is 29.5. The highest BCUT2D eigenvalue weighted by Crippen LogP contribution is 2.37. The van der Waals surface area contributed by atoms with E-state index >= 15 is 0 Å².